The molecule has 1 fully saturated rings. The molecule has 6 heteroatoms. The first kappa shape index (κ1) is 19.4. The summed E-state index contributed by atoms with van der Waals surface area (Å²) in [4.78, 5) is 28.1. The predicted molar refractivity (Wildman–Crippen MR) is 110 cm³/mol. The van der Waals surface area contributed by atoms with E-state index in [1.54, 1.807) is 13.0 Å². The zero-order chi connectivity index (χ0) is 19.4. The number of carbonyl (C=O) groups excluding carboxylic acids is 2. The number of nitrogens with one attached hydrogen (secondary N) is 1. The second-order valence-electron chi connectivity index (χ2n) is 6.88. The van der Waals surface area contributed by atoms with E-state index < -0.39 is 0 Å². The molecule has 0 aromatic heterocycles. The van der Waals surface area contributed by atoms with Crippen molar-refractivity contribution in [3.05, 3.63) is 58.6 Å². The van der Waals surface area contributed by atoms with Gasteiger partial charge in [-0.05, 0) is 55.8 Å². The maximum atomic E-state index is 12.3. The number of nitrogens with zero attached hydrogens (tertiary/aromatic N) is 2. The van der Waals surface area contributed by atoms with Crippen molar-refractivity contribution in [2.75, 3.05) is 42.9 Å². The molecule has 142 valence electrons. The van der Waals surface area contributed by atoms with Crippen LogP contribution in [0, 0.1) is 6.92 Å². The van der Waals surface area contributed by atoms with Gasteiger partial charge in [-0.3, -0.25) is 14.5 Å². The highest BCUT2D eigenvalue weighted by molar-refractivity contribution is 6.31. The number of benzene rings is 2. The zero-order valence-corrected chi connectivity index (χ0v) is 16.4. The molecule has 0 saturated carbocycles. The molecule has 2 aromatic rings. The van der Waals surface area contributed by atoms with Crippen molar-refractivity contribution in [3.8, 4) is 0 Å². The summed E-state index contributed by atoms with van der Waals surface area (Å²) in [7, 11) is 0. The summed E-state index contributed by atoms with van der Waals surface area (Å²) in [5.41, 5.74) is 3.55. The Labute approximate surface area is 164 Å². The minimum Gasteiger partial charge on any atom is -0.369 e. The third-order valence-electron chi connectivity index (χ3n) is 4.83. The molecule has 0 unspecified atom stereocenters. The Bertz CT molecular complexity index is 828. The van der Waals surface area contributed by atoms with Crippen LogP contribution < -0.4 is 10.2 Å². The Morgan fingerprint density at radius 2 is 1.70 bits per heavy atom. The SMILES string of the molecule is CC(=O)c1ccc(N2CCN(CC(=O)Nc3ccc(C)c(Cl)c3)CC2)cc1. The van der Waals surface area contributed by atoms with Gasteiger partial charge in [-0.1, -0.05) is 17.7 Å². The normalized spacial score (nSPS) is 14.9. The number of halogens is 1. The molecule has 1 amide bonds. The first-order valence-electron chi connectivity index (χ1n) is 9.06. The van der Waals surface area contributed by atoms with Crippen molar-refractivity contribution in [3.63, 3.8) is 0 Å². The smallest absolute Gasteiger partial charge is 0.238 e. The highest BCUT2D eigenvalue weighted by Crippen LogP contribution is 2.20. The fourth-order valence-electron chi connectivity index (χ4n) is 3.15. The molecule has 3 rings (SSSR count). The lowest BCUT2D eigenvalue weighted by atomic mass is 10.1. The number of anilines is 2. The molecule has 0 bridgehead atoms. The Hall–Kier alpha value is -2.37. The van der Waals surface area contributed by atoms with Gasteiger partial charge >= 0.3 is 0 Å². The van der Waals surface area contributed by atoms with Crippen LogP contribution in [-0.4, -0.2) is 49.3 Å². The minimum atomic E-state index is -0.0332. The maximum Gasteiger partial charge on any atom is 0.238 e. The van der Waals surface area contributed by atoms with Crippen LogP contribution in [0.1, 0.15) is 22.8 Å². The van der Waals surface area contributed by atoms with Gasteiger partial charge in [-0.25, -0.2) is 0 Å². The molecule has 0 radical (unpaired) electrons. The summed E-state index contributed by atoms with van der Waals surface area (Å²) in [6, 6.07) is 13.2. The Morgan fingerprint density at radius 3 is 2.30 bits per heavy atom. The second kappa shape index (κ2) is 8.55. The highest BCUT2D eigenvalue weighted by Gasteiger charge is 2.19. The molecule has 1 aliphatic rings. The predicted octanol–water partition coefficient (Wildman–Crippen LogP) is 3.61. The van der Waals surface area contributed by atoms with E-state index in [0.717, 1.165) is 48.7 Å². The average molecular weight is 386 g/mol. The lowest BCUT2D eigenvalue weighted by Crippen LogP contribution is -2.48. The van der Waals surface area contributed by atoms with E-state index in [1.165, 1.54) is 0 Å². The zero-order valence-electron chi connectivity index (χ0n) is 15.7. The first-order valence-corrected chi connectivity index (χ1v) is 9.44. The molecule has 1 saturated heterocycles. The molecule has 0 spiro atoms. The first-order chi connectivity index (χ1) is 12.9. The fraction of sp³-hybridized carbons (Fsp3) is 0.333. The number of hydrogen-bond acceptors (Lipinski definition) is 4. The molecule has 1 heterocycles. The summed E-state index contributed by atoms with van der Waals surface area (Å²) >= 11 is 6.10. The summed E-state index contributed by atoms with van der Waals surface area (Å²) in [5.74, 6) is 0.0430. The van der Waals surface area contributed by atoms with Gasteiger partial charge in [0.25, 0.3) is 0 Å². The number of rotatable bonds is 5. The fourth-order valence-corrected chi connectivity index (χ4v) is 3.33. The van der Waals surface area contributed by atoms with Crippen molar-refractivity contribution in [1.29, 1.82) is 0 Å². The van der Waals surface area contributed by atoms with Crippen molar-refractivity contribution in [2.24, 2.45) is 0 Å². The van der Waals surface area contributed by atoms with E-state index in [1.807, 2.05) is 43.3 Å². The van der Waals surface area contributed by atoms with Crippen molar-refractivity contribution >= 4 is 34.7 Å². The van der Waals surface area contributed by atoms with E-state index in [0.29, 0.717) is 11.6 Å². The van der Waals surface area contributed by atoms with Gasteiger partial charge in [0.2, 0.25) is 5.91 Å². The summed E-state index contributed by atoms with van der Waals surface area (Å²) < 4.78 is 0. The summed E-state index contributed by atoms with van der Waals surface area (Å²) in [6.45, 7) is 7.20. The average Bonchev–Trinajstić information content (AvgIpc) is 2.65. The van der Waals surface area contributed by atoms with E-state index in [9.17, 15) is 9.59 Å². The maximum absolute atomic E-state index is 12.3. The van der Waals surface area contributed by atoms with Crippen LogP contribution in [0.5, 0.6) is 0 Å². The molecule has 1 N–H and O–H groups in total. The summed E-state index contributed by atoms with van der Waals surface area (Å²) in [5, 5.41) is 3.56. The van der Waals surface area contributed by atoms with Gasteiger partial charge < -0.3 is 10.2 Å². The Morgan fingerprint density at radius 1 is 1.04 bits per heavy atom. The van der Waals surface area contributed by atoms with Crippen LogP contribution in [0.2, 0.25) is 5.02 Å². The van der Waals surface area contributed by atoms with Gasteiger partial charge in [0, 0.05) is 48.1 Å². The second-order valence-corrected chi connectivity index (χ2v) is 7.29. The van der Waals surface area contributed by atoms with Crippen molar-refractivity contribution in [2.45, 2.75) is 13.8 Å². The molecule has 0 atom stereocenters. The monoisotopic (exact) mass is 385 g/mol. The Kier molecular flexibility index (Phi) is 6.14. The van der Waals surface area contributed by atoms with Gasteiger partial charge in [0.1, 0.15) is 0 Å². The van der Waals surface area contributed by atoms with Gasteiger partial charge in [-0.2, -0.15) is 0 Å². The summed E-state index contributed by atoms with van der Waals surface area (Å²) in [6.07, 6.45) is 0. The van der Waals surface area contributed by atoms with Crippen LogP contribution in [0.15, 0.2) is 42.5 Å². The molecular weight excluding hydrogens is 362 g/mol. The molecule has 0 aliphatic carbocycles. The van der Waals surface area contributed by atoms with Crippen LogP contribution in [0.25, 0.3) is 0 Å². The Balaban J connectivity index is 1.49. The van der Waals surface area contributed by atoms with E-state index in [4.69, 9.17) is 11.6 Å². The van der Waals surface area contributed by atoms with Crippen LogP contribution >= 0.6 is 11.6 Å². The molecule has 2 aromatic carbocycles. The lowest BCUT2D eigenvalue weighted by Gasteiger charge is -2.35. The lowest BCUT2D eigenvalue weighted by molar-refractivity contribution is -0.117. The minimum absolute atomic E-state index is 0.0332. The number of hydrogen-bond donors (Lipinski definition) is 1. The van der Waals surface area contributed by atoms with Crippen LogP contribution in [0.4, 0.5) is 11.4 Å². The number of amides is 1. The molecule has 27 heavy (non-hydrogen) atoms. The number of ketones is 1. The number of piperazine rings is 1. The van der Waals surface area contributed by atoms with E-state index >= 15 is 0 Å². The highest BCUT2D eigenvalue weighted by atomic mass is 35.5. The number of carbonyl (C=O) groups is 2. The van der Waals surface area contributed by atoms with Gasteiger partial charge in [0.05, 0.1) is 6.54 Å². The van der Waals surface area contributed by atoms with Crippen molar-refractivity contribution < 1.29 is 9.59 Å². The number of aryl methyl sites for hydroxylation is 1. The topological polar surface area (TPSA) is 52.7 Å². The number of Topliss-reactive ketones (excluding diaryl/α,β-unsaturated/α-hetero) is 1. The van der Waals surface area contributed by atoms with Crippen LogP contribution in [0.3, 0.4) is 0 Å². The molecular formula is C21H24ClN3O2. The largest absolute Gasteiger partial charge is 0.369 e. The quantitative estimate of drug-likeness (QED) is 0.799. The van der Waals surface area contributed by atoms with Gasteiger partial charge in [-0.15, -0.1) is 0 Å². The third-order valence-corrected chi connectivity index (χ3v) is 5.24. The standard InChI is InChI=1S/C21H24ClN3O2/c1-15-3-6-18(13-20(15)22)23-21(27)14-24-9-11-25(12-10-24)19-7-4-17(5-8-19)16(2)26/h3-8,13H,9-12,14H2,1-2H3,(H,23,27). The molecule has 5 nitrogen and oxygen atoms in total. The third kappa shape index (κ3) is 5.08. The van der Waals surface area contributed by atoms with Crippen LogP contribution in [-0.2, 0) is 4.79 Å². The van der Waals surface area contributed by atoms with Gasteiger partial charge in [0.15, 0.2) is 5.78 Å². The van der Waals surface area contributed by atoms with E-state index in [-0.39, 0.29) is 11.7 Å². The van der Waals surface area contributed by atoms with E-state index in [2.05, 4.69) is 15.1 Å². The van der Waals surface area contributed by atoms with Crippen molar-refractivity contribution in [1.82, 2.24) is 4.90 Å². The molecule has 1 aliphatic heterocycles.